The quantitative estimate of drug-likeness (QED) is 0.240. The van der Waals surface area contributed by atoms with Crippen LogP contribution in [0, 0.1) is 6.92 Å². The molecule has 2 N–H and O–H groups in total. The highest BCUT2D eigenvalue weighted by Gasteiger charge is 2.24. The Kier molecular flexibility index (Phi) is 9.42. The van der Waals surface area contributed by atoms with Crippen molar-refractivity contribution in [2.75, 3.05) is 51.2 Å². The summed E-state index contributed by atoms with van der Waals surface area (Å²) < 4.78 is 2.02. The summed E-state index contributed by atoms with van der Waals surface area (Å²) in [6.07, 6.45) is 3.24. The second-order valence-corrected chi connectivity index (χ2v) is 8.68. The van der Waals surface area contributed by atoms with Crippen molar-refractivity contribution in [2.24, 2.45) is 4.99 Å². The van der Waals surface area contributed by atoms with Crippen molar-refractivity contribution < 1.29 is 0 Å². The number of fused-ring (bicyclic) bond motifs is 1. The molecule has 1 fully saturated rings. The van der Waals surface area contributed by atoms with E-state index in [0.717, 1.165) is 87.7 Å². The maximum absolute atomic E-state index is 6.14. The molecular weight excluding hydrogens is 539 g/mol. The molecule has 1 aromatic carbocycles. The first-order chi connectivity index (χ1) is 15.1. The SMILES string of the molecule is CN=C(NCCCN1CCN(c2cccc(Cl)c2)CC1)NC1CCCn2nc(C)nc21.I. The molecule has 0 bridgehead atoms. The maximum atomic E-state index is 6.14. The van der Waals surface area contributed by atoms with Gasteiger partial charge < -0.3 is 15.5 Å². The number of halogens is 2. The topological polar surface area (TPSA) is 73.6 Å². The third-order valence-electron chi connectivity index (χ3n) is 6.00. The van der Waals surface area contributed by atoms with Crippen LogP contribution in [0.2, 0.25) is 5.02 Å². The maximum Gasteiger partial charge on any atom is 0.191 e. The van der Waals surface area contributed by atoms with Gasteiger partial charge in [0.2, 0.25) is 0 Å². The molecular formula is C22H34ClIN8. The van der Waals surface area contributed by atoms with Crippen molar-refractivity contribution in [2.45, 2.75) is 38.8 Å². The molecule has 1 saturated heterocycles. The van der Waals surface area contributed by atoms with Crippen molar-refractivity contribution in [1.29, 1.82) is 0 Å². The summed E-state index contributed by atoms with van der Waals surface area (Å²) in [5.74, 6) is 2.69. The highest BCUT2D eigenvalue weighted by molar-refractivity contribution is 14.0. The summed E-state index contributed by atoms with van der Waals surface area (Å²) in [5, 5.41) is 12.3. The Morgan fingerprint density at radius 2 is 2.03 bits per heavy atom. The number of aromatic nitrogens is 3. The lowest BCUT2D eigenvalue weighted by Gasteiger charge is -2.36. The van der Waals surface area contributed by atoms with Crippen LogP contribution in [0.25, 0.3) is 0 Å². The molecule has 176 valence electrons. The monoisotopic (exact) mass is 572 g/mol. The van der Waals surface area contributed by atoms with Crippen molar-refractivity contribution in [1.82, 2.24) is 30.3 Å². The number of rotatable bonds is 6. The lowest BCUT2D eigenvalue weighted by Crippen LogP contribution is -2.47. The molecule has 1 aromatic heterocycles. The highest BCUT2D eigenvalue weighted by Crippen LogP contribution is 2.23. The highest BCUT2D eigenvalue weighted by atomic mass is 127. The van der Waals surface area contributed by atoms with Crippen LogP contribution in [0.5, 0.6) is 0 Å². The van der Waals surface area contributed by atoms with E-state index in [9.17, 15) is 0 Å². The van der Waals surface area contributed by atoms with Crippen LogP contribution in [0.3, 0.4) is 0 Å². The van der Waals surface area contributed by atoms with Gasteiger partial charge in [0.1, 0.15) is 11.6 Å². The molecule has 4 rings (SSSR count). The van der Waals surface area contributed by atoms with Crippen LogP contribution in [-0.4, -0.2) is 71.9 Å². The van der Waals surface area contributed by atoms with Gasteiger partial charge in [-0.05, 0) is 50.9 Å². The smallest absolute Gasteiger partial charge is 0.191 e. The fourth-order valence-electron chi connectivity index (χ4n) is 4.38. The van der Waals surface area contributed by atoms with Crippen LogP contribution in [0.15, 0.2) is 29.3 Å². The number of piperazine rings is 1. The van der Waals surface area contributed by atoms with E-state index in [-0.39, 0.29) is 30.0 Å². The summed E-state index contributed by atoms with van der Waals surface area (Å²) in [5.41, 5.74) is 1.22. The van der Waals surface area contributed by atoms with E-state index in [2.05, 4.69) is 47.6 Å². The van der Waals surface area contributed by atoms with Gasteiger partial charge in [-0.1, -0.05) is 17.7 Å². The largest absolute Gasteiger partial charge is 0.369 e. The Morgan fingerprint density at radius 1 is 1.22 bits per heavy atom. The first-order valence-electron chi connectivity index (χ1n) is 11.2. The molecule has 2 aromatic rings. The number of guanidine groups is 1. The number of anilines is 1. The van der Waals surface area contributed by atoms with E-state index < -0.39 is 0 Å². The molecule has 0 spiro atoms. The fourth-order valence-corrected chi connectivity index (χ4v) is 4.56. The summed E-state index contributed by atoms with van der Waals surface area (Å²) in [7, 11) is 1.82. The van der Waals surface area contributed by atoms with Crippen LogP contribution in [0.4, 0.5) is 5.69 Å². The van der Waals surface area contributed by atoms with Crippen molar-refractivity contribution in [3.8, 4) is 0 Å². The molecule has 0 amide bonds. The van der Waals surface area contributed by atoms with Crippen LogP contribution in [0.1, 0.15) is 37.0 Å². The van der Waals surface area contributed by atoms with Gasteiger partial charge in [-0.15, -0.1) is 24.0 Å². The first-order valence-corrected chi connectivity index (χ1v) is 11.6. The predicted octanol–water partition coefficient (Wildman–Crippen LogP) is 3.07. The molecule has 0 aliphatic carbocycles. The van der Waals surface area contributed by atoms with Gasteiger partial charge in [-0.25, -0.2) is 9.67 Å². The van der Waals surface area contributed by atoms with Crippen molar-refractivity contribution in [3.05, 3.63) is 40.9 Å². The minimum atomic E-state index is 0. The average molecular weight is 573 g/mol. The number of aryl methyl sites for hydroxylation is 2. The molecule has 0 saturated carbocycles. The van der Waals surface area contributed by atoms with Gasteiger partial charge in [0.25, 0.3) is 0 Å². The Bertz CT molecular complexity index is 894. The van der Waals surface area contributed by atoms with E-state index in [1.807, 2.05) is 30.8 Å². The Labute approximate surface area is 212 Å². The third kappa shape index (κ3) is 6.48. The van der Waals surface area contributed by atoms with E-state index in [0.29, 0.717) is 0 Å². The van der Waals surface area contributed by atoms with Gasteiger partial charge in [-0.2, -0.15) is 5.10 Å². The number of benzene rings is 1. The van der Waals surface area contributed by atoms with E-state index in [4.69, 9.17) is 11.6 Å². The molecule has 32 heavy (non-hydrogen) atoms. The number of nitrogens with zero attached hydrogens (tertiary/aromatic N) is 6. The molecule has 1 atom stereocenters. The normalized spacial score (nSPS) is 19.3. The van der Waals surface area contributed by atoms with Gasteiger partial charge in [0.15, 0.2) is 5.96 Å². The zero-order valence-corrected chi connectivity index (χ0v) is 22.0. The first kappa shape index (κ1) is 25.0. The third-order valence-corrected chi connectivity index (χ3v) is 6.24. The van der Waals surface area contributed by atoms with E-state index in [1.54, 1.807) is 0 Å². The second-order valence-electron chi connectivity index (χ2n) is 8.24. The Balaban J connectivity index is 0.00000289. The predicted molar refractivity (Wildman–Crippen MR) is 141 cm³/mol. The zero-order valence-electron chi connectivity index (χ0n) is 18.9. The van der Waals surface area contributed by atoms with Crippen LogP contribution in [-0.2, 0) is 6.54 Å². The average Bonchev–Trinajstić information content (AvgIpc) is 3.17. The Hall–Kier alpha value is -1.59. The molecule has 1 unspecified atom stereocenters. The summed E-state index contributed by atoms with van der Waals surface area (Å²) >= 11 is 6.14. The van der Waals surface area contributed by atoms with Gasteiger partial charge in [-0.3, -0.25) is 9.89 Å². The summed E-state index contributed by atoms with van der Waals surface area (Å²) in [6, 6.07) is 8.31. The molecule has 3 heterocycles. The molecule has 10 heteroatoms. The summed E-state index contributed by atoms with van der Waals surface area (Å²) in [6.45, 7) is 9.12. The van der Waals surface area contributed by atoms with Crippen molar-refractivity contribution in [3.63, 3.8) is 0 Å². The molecule has 0 radical (unpaired) electrons. The molecule has 2 aliphatic rings. The van der Waals surface area contributed by atoms with Crippen molar-refractivity contribution >= 4 is 47.2 Å². The molecule has 8 nitrogen and oxygen atoms in total. The van der Waals surface area contributed by atoms with Gasteiger partial charge in [0, 0.05) is 57.0 Å². The standard InChI is InChI=1S/C22H33ClN8.HI/c1-17-26-21-20(8-4-11-31(21)28-17)27-22(24-2)25-9-5-10-29-12-14-30(15-13-29)19-7-3-6-18(23)16-19;/h3,6-7,16,20H,4-5,8-15H2,1-2H3,(H2,24,25,27);1H. The van der Waals surface area contributed by atoms with E-state index in [1.165, 1.54) is 5.69 Å². The van der Waals surface area contributed by atoms with Crippen LogP contribution >= 0.6 is 35.6 Å². The minimum Gasteiger partial charge on any atom is -0.369 e. The number of hydrogen-bond acceptors (Lipinski definition) is 5. The van der Waals surface area contributed by atoms with Crippen LogP contribution < -0.4 is 15.5 Å². The van der Waals surface area contributed by atoms with Gasteiger partial charge in [0.05, 0.1) is 6.04 Å². The second kappa shape index (κ2) is 12.0. The molecule has 2 aliphatic heterocycles. The lowest BCUT2D eigenvalue weighted by atomic mass is 10.1. The number of hydrogen-bond donors (Lipinski definition) is 2. The lowest BCUT2D eigenvalue weighted by molar-refractivity contribution is 0.255. The summed E-state index contributed by atoms with van der Waals surface area (Å²) in [4.78, 5) is 13.9. The fraction of sp³-hybridized carbons (Fsp3) is 0.591. The van der Waals surface area contributed by atoms with E-state index >= 15 is 0 Å². The number of nitrogens with one attached hydrogen (secondary N) is 2. The minimum absolute atomic E-state index is 0. The van der Waals surface area contributed by atoms with Gasteiger partial charge >= 0.3 is 0 Å². The Morgan fingerprint density at radius 3 is 2.78 bits per heavy atom. The zero-order chi connectivity index (χ0) is 21.6. The number of aliphatic imine (C=N–C) groups is 1.